The number of nitrogens with one attached hydrogen (secondary N) is 2. The molecule has 8 nitrogen and oxygen atoms in total. The van der Waals surface area contributed by atoms with E-state index in [1.165, 1.54) is 6.20 Å². The molecule has 1 aromatic heterocycles. The number of H-pyrrole nitrogens is 1. The molecule has 26 heavy (non-hydrogen) atoms. The van der Waals surface area contributed by atoms with E-state index < -0.39 is 0 Å². The smallest absolute Gasteiger partial charge is 0.319 e. The maximum absolute atomic E-state index is 12.4. The first-order chi connectivity index (χ1) is 12.6. The fraction of sp³-hybridized carbons (Fsp3) is 0.667. The molecule has 140 valence electrons. The highest BCUT2D eigenvalue weighted by molar-refractivity contribution is 5.93. The van der Waals surface area contributed by atoms with Crippen molar-refractivity contribution in [3.8, 4) is 0 Å². The summed E-state index contributed by atoms with van der Waals surface area (Å²) in [4.78, 5) is 47.6. The largest absolute Gasteiger partial charge is 0.349 e. The molecule has 0 aromatic carbocycles. The van der Waals surface area contributed by atoms with Crippen molar-refractivity contribution in [1.29, 1.82) is 0 Å². The van der Waals surface area contributed by atoms with E-state index in [-0.39, 0.29) is 29.1 Å². The Bertz CT molecular complexity index is 743. The summed E-state index contributed by atoms with van der Waals surface area (Å²) >= 11 is 0. The van der Waals surface area contributed by atoms with Crippen LogP contribution in [0.15, 0.2) is 11.0 Å². The number of piperidine rings is 1. The normalized spacial score (nSPS) is 21.1. The summed E-state index contributed by atoms with van der Waals surface area (Å²) in [6, 6.07) is 0.0937. The van der Waals surface area contributed by atoms with Gasteiger partial charge >= 0.3 is 6.03 Å². The van der Waals surface area contributed by atoms with Crippen LogP contribution in [0.4, 0.5) is 4.79 Å². The zero-order valence-electron chi connectivity index (χ0n) is 14.9. The van der Waals surface area contributed by atoms with Gasteiger partial charge in [-0.1, -0.05) is 0 Å². The number of carbonyl (C=O) groups is 2. The lowest BCUT2D eigenvalue weighted by Crippen LogP contribution is -2.50. The van der Waals surface area contributed by atoms with Gasteiger partial charge in [0.25, 0.3) is 11.5 Å². The average Bonchev–Trinajstić information content (AvgIpc) is 3.36. The average molecular weight is 359 g/mol. The lowest BCUT2D eigenvalue weighted by atomic mass is 10.0. The Morgan fingerprint density at radius 2 is 1.69 bits per heavy atom. The molecular weight excluding hydrogens is 334 g/mol. The summed E-state index contributed by atoms with van der Waals surface area (Å²) in [5.74, 6) is 0.642. The summed E-state index contributed by atoms with van der Waals surface area (Å²) in [7, 11) is 0. The molecule has 2 N–H and O–H groups in total. The summed E-state index contributed by atoms with van der Waals surface area (Å²) in [6.07, 6.45) is 7.05. The van der Waals surface area contributed by atoms with Gasteiger partial charge in [0.15, 0.2) is 0 Å². The van der Waals surface area contributed by atoms with Gasteiger partial charge in [0, 0.05) is 44.3 Å². The minimum Gasteiger partial charge on any atom is -0.349 e. The SMILES string of the molecule is O=C(NC1CCN(C(=O)N2CCCC2)CC1)c1cnc(C2CC2)[nH]c1=O. The molecule has 0 bridgehead atoms. The van der Waals surface area contributed by atoms with Crippen LogP contribution in [-0.4, -0.2) is 63.9 Å². The number of hydrogen-bond acceptors (Lipinski definition) is 4. The third-order valence-electron chi connectivity index (χ3n) is 5.50. The standard InChI is InChI=1S/C18H25N5O3/c24-16(14-11-19-15(12-3-4-12)21-17(14)25)20-13-5-9-23(10-6-13)18(26)22-7-1-2-8-22/h11-13H,1-10H2,(H,20,24)(H,19,21,25). The number of carbonyl (C=O) groups excluding carboxylic acids is 2. The Morgan fingerprint density at radius 3 is 2.31 bits per heavy atom. The van der Waals surface area contributed by atoms with Crippen LogP contribution in [0.3, 0.4) is 0 Å². The molecule has 8 heteroatoms. The second-order valence-electron chi connectivity index (χ2n) is 7.50. The van der Waals surface area contributed by atoms with E-state index >= 15 is 0 Å². The fourth-order valence-electron chi connectivity index (χ4n) is 3.72. The maximum atomic E-state index is 12.4. The molecular formula is C18H25N5O3. The van der Waals surface area contributed by atoms with Crippen LogP contribution in [0.25, 0.3) is 0 Å². The van der Waals surface area contributed by atoms with Gasteiger partial charge in [-0.15, -0.1) is 0 Å². The molecule has 3 aliphatic rings. The van der Waals surface area contributed by atoms with E-state index in [2.05, 4.69) is 15.3 Å². The first-order valence-electron chi connectivity index (χ1n) is 9.56. The Morgan fingerprint density at radius 1 is 1.04 bits per heavy atom. The van der Waals surface area contributed by atoms with Crippen molar-refractivity contribution >= 4 is 11.9 Å². The molecule has 0 unspecified atom stereocenters. The molecule has 2 aliphatic heterocycles. The van der Waals surface area contributed by atoms with Gasteiger partial charge in [-0.3, -0.25) is 9.59 Å². The van der Waals surface area contributed by atoms with E-state index in [1.807, 2.05) is 9.80 Å². The van der Waals surface area contributed by atoms with Gasteiger partial charge in [0.1, 0.15) is 11.4 Å². The van der Waals surface area contributed by atoms with E-state index in [0.717, 1.165) is 38.8 Å². The Labute approximate surface area is 152 Å². The molecule has 1 saturated carbocycles. The van der Waals surface area contributed by atoms with Crippen molar-refractivity contribution in [2.24, 2.45) is 0 Å². The first-order valence-corrected chi connectivity index (χ1v) is 9.56. The van der Waals surface area contributed by atoms with Crippen LogP contribution in [0.2, 0.25) is 0 Å². The second kappa shape index (κ2) is 7.09. The lowest BCUT2D eigenvalue weighted by molar-refractivity contribution is 0.0910. The Balaban J connectivity index is 1.30. The number of amides is 3. The predicted molar refractivity (Wildman–Crippen MR) is 95.1 cm³/mol. The summed E-state index contributed by atoms with van der Waals surface area (Å²) in [5.41, 5.74) is -0.314. The van der Waals surface area contributed by atoms with Gasteiger partial charge < -0.3 is 20.1 Å². The van der Waals surface area contributed by atoms with Crippen molar-refractivity contribution in [3.05, 3.63) is 27.9 Å². The fourth-order valence-corrected chi connectivity index (χ4v) is 3.72. The molecule has 1 aliphatic carbocycles. The highest BCUT2D eigenvalue weighted by atomic mass is 16.2. The quantitative estimate of drug-likeness (QED) is 0.843. The minimum atomic E-state index is -0.384. The molecule has 3 fully saturated rings. The Hall–Kier alpha value is -2.38. The van der Waals surface area contributed by atoms with Crippen molar-refractivity contribution in [3.63, 3.8) is 0 Å². The molecule has 3 amide bonds. The second-order valence-corrected chi connectivity index (χ2v) is 7.50. The summed E-state index contributed by atoms with van der Waals surface area (Å²) in [5, 5.41) is 2.92. The Kier molecular flexibility index (Phi) is 4.65. The van der Waals surface area contributed by atoms with Crippen LogP contribution in [-0.2, 0) is 0 Å². The van der Waals surface area contributed by atoms with Crippen molar-refractivity contribution in [1.82, 2.24) is 25.1 Å². The third kappa shape index (κ3) is 3.59. The highest BCUT2D eigenvalue weighted by Crippen LogP contribution is 2.37. The number of aromatic nitrogens is 2. The van der Waals surface area contributed by atoms with Gasteiger partial charge in [-0.2, -0.15) is 0 Å². The number of aromatic amines is 1. The summed E-state index contributed by atoms with van der Waals surface area (Å²) < 4.78 is 0. The zero-order valence-corrected chi connectivity index (χ0v) is 14.9. The molecule has 0 radical (unpaired) electrons. The molecule has 4 rings (SSSR count). The summed E-state index contributed by atoms with van der Waals surface area (Å²) in [6.45, 7) is 2.97. The minimum absolute atomic E-state index is 0.0207. The number of rotatable bonds is 3. The number of likely N-dealkylation sites (tertiary alicyclic amines) is 2. The van der Waals surface area contributed by atoms with Crippen LogP contribution >= 0.6 is 0 Å². The third-order valence-corrected chi connectivity index (χ3v) is 5.50. The van der Waals surface area contributed by atoms with Crippen LogP contribution in [0.1, 0.15) is 60.6 Å². The van der Waals surface area contributed by atoms with E-state index in [0.29, 0.717) is 37.7 Å². The monoisotopic (exact) mass is 359 g/mol. The van der Waals surface area contributed by atoms with E-state index in [9.17, 15) is 14.4 Å². The van der Waals surface area contributed by atoms with Gasteiger partial charge in [-0.25, -0.2) is 9.78 Å². The molecule has 0 spiro atoms. The molecule has 2 saturated heterocycles. The maximum Gasteiger partial charge on any atom is 0.319 e. The molecule has 1 aromatic rings. The lowest BCUT2D eigenvalue weighted by Gasteiger charge is -2.34. The van der Waals surface area contributed by atoms with Gasteiger partial charge in [0.05, 0.1) is 0 Å². The highest BCUT2D eigenvalue weighted by Gasteiger charge is 2.29. The zero-order chi connectivity index (χ0) is 18.1. The van der Waals surface area contributed by atoms with Crippen LogP contribution in [0.5, 0.6) is 0 Å². The topological polar surface area (TPSA) is 98.4 Å². The van der Waals surface area contributed by atoms with Gasteiger partial charge in [-0.05, 0) is 38.5 Å². The van der Waals surface area contributed by atoms with Crippen LogP contribution < -0.4 is 10.9 Å². The number of nitrogens with zero attached hydrogens (tertiary/aromatic N) is 3. The van der Waals surface area contributed by atoms with E-state index in [4.69, 9.17) is 0 Å². The predicted octanol–water partition coefficient (Wildman–Crippen LogP) is 1.06. The first kappa shape index (κ1) is 17.1. The number of hydrogen-bond donors (Lipinski definition) is 2. The van der Waals surface area contributed by atoms with Crippen LogP contribution in [0, 0.1) is 0 Å². The molecule has 3 heterocycles. The van der Waals surface area contributed by atoms with Crippen molar-refractivity contribution in [2.75, 3.05) is 26.2 Å². The van der Waals surface area contributed by atoms with Gasteiger partial charge in [0.2, 0.25) is 0 Å². The van der Waals surface area contributed by atoms with E-state index in [1.54, 1.807) is 0 Å². The molecule has 0 atom stereocenters. The van der Waals surface area contributed by atoms with Crippen molar-refractivity contribution in [2.45, 2.75) is 50.5 Å². The van der Waals surface area contributed by atoms with Crippen molar-refractivity contribution < 1.29 is 9.59 Å². The number of urea groups is 1.